The number of halogens is 2. The topological polar surface area (TPSA) is 49.0 Å². The molecule has 0 bridgehead atoms. The Morgan fingerprint density at radius 2 is 2.11 bits per heavy atom. The summed E-state index contributed by atoms with van der Waals surface area (Å²) in [6, 6.07) is 7.30. The minimum Gasteiger partial charge on any atom is -0.338 e. The smallest absolute Gasteiger partial charge is 0.254 e. The first-order chi connectivity index (χ1) is 13.0. The average molecular weight is 404 g/mol. The lowest BCUT2D eigenvalue weighted by Crippen LogP contribution is -2.43. The van der Waals surface area contributed by atoms with Gasteiger partial charge in [-0.1, -0.05) is 29.3 Å². The second kappa shape index (κ2) is 7.09. The second-order valence-corrected chi connectivity index (χ2v) is 8.25. The zero-order valence-corrected chi connectivity index (χ0v) is 16.4. The van der Waals surface area contributed by atoms with Crippen molar-refractivity contribution in [1.29, 1.82) is 0 Å². The monoisotopic (exact) mass is 403 g/mol. The SMILES string of the molecule is Cc1ccc(Cl)c(C2(F)CCN(C(=O)c3csc(-c4cn[nH]c4)c3)CC2)c1. The number of benzene rings is 1. The number of nitrogens with one attached hydrogen (secondary N) is 1. The van der Waals surface area contributed by atoms with Gasteiger partial charge in [0.05, 0.1) is 11.8 Å². The highest BCUT2D eigenvalue weighted by Crippen LogP contribution is 2.41. The fraction of sp³-hybridized carbons (Fsp3) is 0.300. The van der Waals surface area contributed by atoms with Crippen LogP contribution in [0.4, 0.5) is 4.39 Å². The molecule has 0 atom stereocenters. The fourth-order valence-corrected chi connectivity index (χ4v) is 4.64. The molecular weight excluding hydrogens is 385 g/mol. The lowest BCUT2D eigenvalue weighted by atomic mass is 9.85. The predicted octanol–water partition coefficient (Wildman–Crippen LogP) is 5.20. The number of H-pyrrole nitrogens is 1. The molecule has 1 fully saturated rings. The normalized spacial score (nSPS) is 16.5. The zero-order chi connectivity index (χ0) is 19.0. The van der Waals surface area contributed by atoms with Gasteiger partial charge >= 0.3 is 0 Å². The van der Waals surface area contributed by atoms with Crippen molar-refractivity contribution in [3.05, 3.63) is 63.8 Å². The summed E-state index contributed by atoms with van der Waals surface area (Å²) in [5, 5.41) is 9.00. The van der Waals surface area contributed by atoms with Crippen molar-refractivity contribution in [3.8, 4) is 10.4 Å². The van der Waals surface area contributed by atoms with E-state index in [0.29, 0.717) is 29.2 Å². The Kier molecular flexibility index (Phi) is 4.78. The Balaban J connectivity index is 1.47. The number of carbonyl (C=O) groups is 1. The summed E-state index contributed by atoms with van der Waals surface area (Å²) < 4.78 is 15.5. The Morgan fingerprint density at radius 3 is 2.81 bits per heavy atom. The van der Waals surface area contributed by atoms with Gasteiger partial charge in [-0.25, -0.2) is 4.39 Å². The van der Waals surface area contributed by atoms with Crippen molar-refractivity contribution < 1.29 is 9.18 Å². The number of nitrogens with zero attached hydrogens (tertiary/aromatic N) is 2. The van der Waals surface area contributed by atoms with Crippen LogP contribution in [0.2, 0.25) is 5.02 Å². The number of hydrogen-bond donors (Lipinski definition) is 1. The number of rotatable bonds is 3. The molecule has 1 N–H and O–H groups in total. The third-order valence-electron chi connectivity index (χ3n) is 5.08. The van der Waals surface area contributed by atoms with Gasteiger partial charge in [-0.2, -0.15) is 5.10 Å². The van der Waals surface area contributed by atoms with Crippen molar-refractivity contribution in [1.82, 2.24) is 15.1 Å². The van der Waals surface area contributed by atoms with E-state index < -0.39 is 5.67 Å². The van der Waals surface area contributed by atoms with Gasteiger partial charge in [-0.3, -0.25) is 9.89 Å². The van der Waals surface area contributed by atoms with E-state index in [-0.39, 0.29) is 18.7 Å². The molecule has 3 aromatic rings. The quantitative estimate of drug-likeness (QED) is 0.653. The van der Waals surface area contributed by atoms with Gasteiger partial charge in [-0.05, 0) is 19.1 Å². The van der Waals surface area contributed by atoms with Crippen LogP contribution in [0.1, 0.15) is 34.3 Å². The summed E-state index contributed by atoms with van der Waals surface area (Å²) in [4.78, 5) is 15.5. The first-order valence-electron chi connectivity index (χ1n) is 8.79. The lowest BCUT2D eigenvalue weighted by Gasteiger charge is -2.37. The van der Waals surface area contributed by atoms with Crippen molar-refractivity contribution in [2.24, 2.45) is 0 Å². The molecule has 0 aliphatic carbocycles. The molecule has 0 unspecified atom stereocenters. The third kappa shape index (κ3) is 3.51. The Labute approximate surface area is 166 Å². The summed E-state index contributed by atoms with van der Waals surface area (Å²) in [6.07, 6.45) is 4.02. The molecule has 0 radical (unpaired) electrons. The minimum atomic E-state index is -1.49. The van der Waals surface area contributed by atoms with E-state index in [4.69, 9.17) is 11.6 Å². The molecule has 1 aliphatic rings. The van der Waals surface area contributed by atoms with E-state index in [9.17, 15) is 4.79 Å². The molecule has 0 spiro atoms. The maximum absolute atomic E-state index is 15.5. The molecule has 7 heteroatoms. The molecule has 1 amide bonds. The van der Waals surface area contributed by atoms with Crippen LogP contribution in [0, 0.1) is 6.92 Å². The number of aromatic amines is 1. The molecule has 27 heavy (non-hydrogen) atoms. The number of alkyl halides is 1. The van der Waals surface area contributed by atoms with Crippen molar-refractivity contribution >= 4 is 28.8 Å². The molecule has 3 heterocycles. The number of thiophene rings is 1. The van der Waals surface area contributed by atoms with Crippen LogP contribution in [-0.2, 0) is 5.67 Å². The largest absolute Gasteiger partial charge is 0.338 e. The maximum Gasteiger partial charge on any atom is 0.254 e. The van der Waals surface area contributed by atoms with Gasteiger partial charge < -0.3 is 4.90 Å². The Bertz CT molecular complexity index is 962. The van der Waals surface area contributed by atoms with E-state index in [1.165, 1.54) is 11.3 Å². The summed E-state index contributed by atoms with van der Waals surface area (Å²) in [6.45, 7) is 2.67. The summed E-state index contributed by atoms with van der Waals surface area (Å²) in [7, 11) is 0. The van der Waals surface area contributed by atoms with Crippen LogP contribution < -0.4 is 0 Å². The van der Waals surface area contributed by atoms with Gasteiger partial charge in [0.15, 0.2) is 0 Å². The zero-order valence-electron chi connectivity index (χ0n) is 14.8. The number of likely N-dealkylation sites (tertiary alicyclic amines) is 1. The van der Waals surface area contributed by atoms with Crippen LogP contribution >= 0.6 is 22.9 Å². The van der Waals surface area contributed by atoms with Gasteiger partial charge in [0.25, 0.3) is 5.91 Å². The lowest BCUT2D eigenvalue weighted by molar-refractivity contribution is 0.0422. The van der Waals surface area contributed by atoms with Gasteiger partial charge in [0.1, 0.15) is 5.67 Å². The molecular formula is C20H19ClFN3OS. The minimum absolute atomic E-state index is 0.0571. The van der Waals surface area contributed by atoms with Crippen molar-refractivity contribution in [3.63, 3.8) is 0 Å². The number of aryl methyl sites for hydroxylation is 1. The van der Waals surface area contributed by atoms with E-state index in [0.717, 1.165) is 16.0 Å². The number of carbonyl (C=O) groups excluding carboxylic acids is 1. The predicted molar refractivity (Wildman–Crippen MR) is 106 cm³/mol. The first-order valence-corrected chi connectivity index (χ1v) is 10.0. The highest BCUT2D eigenvalue weighted by molar-refractivity contribution is 7.13. The van der Waals surface area contributed by atoms with Gasteiger partial charge in [0.2, 0.25) is 0 Å². The maximum atomic E-state index is 15.5. The third-order valence-corrected chi connectivity index (χ3v) is 6.39. The molecule has 140 valence electrons. The summed E-state index contributed by atoms with van der Waals surface area (Å²) in [5.41, 5.74) is 1.62. The van der Waals surface area contributed by atoms with E-state index in [1.54, 1.807) is 23.4 Å². The molecule has 0 saturated carbocycles. The van der Waals surface area contributed by atoms with Crippen LogP contribution in [0.25, 0.3) is 10.4 Å². The van der Waals surface area contributed by atoms with Crippen molar-refractivity contribution in [2.75, 3.05) is 13.1 Å². The number of aromatic nitrogens is 2. The first kappa shape index (κ1) is 18.2. The Morgan fingerprint density at radius 1 is 1.33 bits per heavy atom. The average Bonchev–Trinajstić information content (AvgIpc) is 3.35. The van der Waals surface area contributed by atoms with E-state index >= 15 is 4.39 Å². The van der Waals surface area contributed by atoms with Crippen LogP contribution in [-0.4, -0.2) is 34.1 Å². The molecule has 2 aromatic heterocycles. The number of amides is 1. The molecule has 4 nitrogen and oxygen atoms in total. The number of piperidine rings is 1. The van der Waals surface area contributed by atoms with Gasteiger partial charge in [0, 0.05) is 58.5 Å². The molecule has 4 rings (SSSR count). The van der Waals surface area contributed by atoms with Gasteiger partial charge in [-0.15, -0.1) is 11.3 Å². The van der Waals surface area contributed by atoms with Crippen LogP contribution in [0.5, 0.6) is 0 Å². The van der Waals surface area contributed by atoms with Crippen LogP contribution in [0.15, 0.2) is 42.0 Å². The van der Waals surface area contributed by atoms with Crippen molar-refractivity contribution in [2.45, 2.75) is 25.4 Å². The summed E-state index contributed by atoms with van der Waals surface area (Å²) in [5.74, 6) is -0.0571. The van der Waals surface area contributed by atoms with E-state index in [2.05, 4.69) is 10.2 Å². The molecule has 1 saturated heterocycles. The second-order valence-electron chi connectivity index (χ2n) is 6.93. The fourth-order valence-electron chi connectivity index (χ4n) is 3.48. The number of hydrogen-bond acceptors (Lipinski definition) is 3. The highest BCUT2D eigenvalue weighted by Gasteiger charge is 2.39. The van der Waals surface area contributed by atoms with E-state index in [1.807, 2.05) is 30.5 Å². The Hall–Kier alpha value is -2.18. The standard InChI is InChI=1S/C20H19ClFN3OS/c1-13-2-3-17(21)16(8-13)20(22)4-6-25(7-5-20)19(26)14-9-18(27-12-14)15-10-23-24-11-15/h2-3,8-12H,4-7H2,1H3,(H,23,24). The highest BCUT2D eigenvalue weighted by atomic mass is 35.5. The molecule has 1 aliphatic heterocycles. The molecule has 1 aromatic carbocycles. The summed E-state index contributed by atoms with van der Waals surface area (Å²) >= 11 is 7.74. The van der Waals surface area contributed by atoms with Crippen LogP contribution in [0.3, 0.4) is 0 Å².